The largest absolute Gasteiger partial charge is 0.242 e. The first-order valence-corrected chi connectivity index (χ1v) is 5.10. The van der Waals surface area contributed by atoms with Crippen LogP contribution < -0.4 is 0 Å². The van der Waals surface area contributed by atoms with Gasteiger partial charge in [0.1, 0.15) is 6.17 Å². The number of alkyl halides is 1. The van der Waals surface area contributed by atoms with Gasteiger partial charge in [0, 0.05) is 4.47 Å². The molecule has 0 amide bonds. The third-order valence-corrected chi connectivity index (χ3v) is 2.45. The van der Waals surface area contributed by atoms with E-state index in [1.54, 1.807) is 0 Å². The standard InChI is InChI=1S/C11H14BrF/c1-11(2,3)10(13)8-4-6-9(12)7-5-8/h4-7,10H,1-3H3. The molecular formula is C11H14BrF. The monoisotopic (exact) mass is 244 g/mol. The maximum absolute atomic E-state index is 13.8. The van der Waals surface area contributed by atoms with Gasteiger partial charge in [-0.3, -0.25) is 0 Å². The summed E-state index contributed by atoms with van der Waals surface area (Å²) in [5, 5.41) is 0. The third-order valence-electron chi connectivity index (χ3n) is 1.92. The summed E-state index contributed by atoms with van der Waals surface area (Å²) in [6, 6.07) is 7.38. The third kappa shape index (κ3) is 2.80. The van der Waals surface area contributed by atoms with E-state index in [0.717, 1.165) is 10.0 Å². The van der Waals surface area contributed by atoms with E-state index < -0.39 is 6.17 Å². The predicted octanol–water partition coefficient (Wildman–Crippen LogP) is 4.51. The molecule has 0 radical (unpaired) electrons. The molecule has 1 rings (SSSR count). The summed E-state index contributed by atoms with van der Waals surface area (Å²) in [5.74, 6) is 0. The molecule has 0 saturated carbocycles. The van der Waals surface area contributed by atoms with Gasteiger partial charge in [0.05, 0.1) is 0 Å². The van der Waals surface area contributed by atoms with E-state index in [0.29, 0.717) is 0 Å². The molecule has 0 saturated heterocycles. The average Bonchev–Trinajstić information content (AvgIpc) is 2.03. The maximum Gasteiger partial charge on any atom is 0.130 e. The van der Waals surface area contributed by atoms with E-state index in [1.165, 1.54) is 0 Å². The Balaban J connectivity index is 2.90. The molecule has 0 bridgehead atoms. The number of hydrogen-bond acceptors (Lipinski definition) is 0. The van der Waals surface area contributed by atoms with E-state index in [9.17, 15) is 4.39 Å². The van der Waals surface area contributed by atoms with Crippen LogP contribution in [0.25, 0.3) is 0 Å². The minimum absolute atomic E-state index is 0.326. The summed E-state index contributed by atoms with van der Waals surface area (Å²) in [6.07, 6.45) is -0.902. The summed E-state index contributed by atoms with van der Waals surface area (Å²) in [6.45, 7) is 5.71. The smallest absolute Gasteiger partial charge is 0.130 e. The fourth-order valence-corrected chi connectivity index (χ4v) is 1.40. The lowest BCUT2D eigenvalue weighted by Crippen LogP contribution is -2.13. The molecule has 0 aliphatic heterocycles. The maximum atomic E-state index is 13.8. The molecule has 0 nitrogen and oxygen atoms in total. The molecule has 0 spiro atoms. The second-order valence-electron chi connectivity index (χ2n) is 4.28. The molecule has 0 aromatic heterocycles. The van der Waals surface area contributed by atoms with Crippen molar-refractivity contribution in [1.82, 2.24) is 0 Å². The molecule has 1 aromatic carbocycles. The van der Waals surface area contributed by atoms with Crippen molar-refractivity contribution in [3.8, 4) is 0 Å². The second kappa shape index (κ2) is 3.79. The van der Waals surface area contributed by atoms with Crippen molar-refractivity contribution in [3.05, 3.63) is 34.3 Å². The van der Waals surface area contributed by atoms with Crippen molar-refractivity contribution in [3.63, 3.8) is 0 Å². The first-order chi connectivity index (χ1) is 5.91. The molecule has 0 N–H and O–H groups in total. The lowest BCUT2D eigenvalue weighted by molar-refractivity contribution is 0.165. The van der Waals surface area contributed by atoms with E-state index in [2.05, 4.69) is 15.9 Å². The van der Waals surface area contributed by atoms with Crippen molar-refractivity contribution < 1.29 is 4.39 Å². The number of halogens is 2. The minimum Gasteiger partial charge on any atom is -0.242 e. The average molecular weight is 245 g/mol. The molecule has 0 aliphatic carbocycles. The normalized spacial score (nSPS) is 14.2. The Morgan fingerprint density at radius 2 is 1.62 bits per heavy atom. The van der Waals surface area contributed by atoms with Crippen LogP contribution in [0.4, 0.5) is 4.39 Å². The zero-order chi connectivity index (χ0) is 10.1. The number of hydrogen-bond donors (Lipinski definition) is 0. The van der Waals surface area contributed by atoms with Gasteiger partial charge in [-0.1, -0.05) is 48.8 Å². The molecule has 72 valence electrons. The fraction of sp³-hybridized carbons (Fsp3) is 0.455. The molecular weight excluding hydrogens is 231 g/mol. The highest BCUT2D eigenvalue weighted by atomic mass is 79.9. The zero-order valence-corrected chi connectivity index (χ0v) is 9.73. The second-order valence-corrected chi connectivity index (χ2v) is 5.20. The van der Waals surface area contributed by atoms with Crippen molar-refractivity contribution >= 4 is 15.9 Å². The van der Waals surface area contributed by atoms with Crippen molar-refractivity contribution in [1.29, 1.82) is 0 Å². The SMILES string of the molecule is CC(C)(C)C(F)c1ccc(Br)cc1. The molecule has 13 heavy (non-hydrogen) atoms. The molecule has 1 aromatic rings. The first kappa shape index (κ1) is 10.7. The quantitative estimate of drug-likeness (QED) is 0.683. The Bertz CT molecular complexity index is 271. The van der Waals surface area contributed by atoms with Crippen LogP contribution in [0.3, 0.4) is 0 Å². The van der Waals surface area contributed by atoms with Crippen molar-refractivity contribution in [2.75, 3.05) is 0 Å². The minimum atomic E-state index is -0.902. The highest BCUT2D eigenvalue weighted by Gasteiger charge is 2.25. The van der Waals surface area contributed by atoms with E-state index in [1.807, 2.05) is 45.0 Å². The Morgan fingerprint density at radius 1 is 1.15 bits per heavy atom. The van der Waals surface area contributed by atoms with Crippen LogP contribution in [0.15, 0.2) is 28.7 Å². The number of benzene rings is 1. The molecule has 1 unspecified atom stereocenters. The zero-order valence-electron chi connectivity index (χ0n) is 8.14. The molecule has 0 fully saturated rings. The summed E-state index contributed by atoms with van der Waals surface area (Å²) in [5.41, 5.74) is 0.420. The van der Waals surface area contributed by atoms with Gasteiger partial charge in [-0.25, -0.2) is 4.39 Å². The van der Waals surface area contributed by atoms with E-state index in [-0.39, 0.29) is 5.41 Å². The highest BCUT2D eigenvalue weighted by Crippen LogP contribution is 2.36. The molecule has 1 atom stereocenters. The van der Waals surface area contributed by atoms with Crippen LogP contribution in [0.5, 0.6) is 0 Å². The van der Waals surface area contributed by atoms with Crippen molar-refractivity contribution in [2.24, 2.45) is 5.41 Å². The Hall–Kier alpha value is -0.370. The highest BCUT2D eigenvalue weighted by molar-refractivity contribution is 9.10. The van der Waals surface area contributed by atoms with Crippen LogP contribution in [0.2, 0.25) is 0 Å². The van der Waals surface area contributed by atoms with Gasteiger partial charge in [0.25, 0.3) is 0 Å². The van der Waals surface area contributed by atoms with Crippen LogP contribution in [0, 0.1) is 5.41 Å². The lowest BCUT2D eigenvalue weighted by Gasteiger charge is -2.23. The van der Waals surface area contributed by atoms with Crippen molar-refractivity contribution in [2.45, 2.75) is 26.9 Å². The van der Waals surface area contributed by atoms with Gasteiger partial charge < -0.3 is 0 Å². The fourth-order valence-electron chi connectivity index (χ4n) is 1.13. The van der Waals surface area contributed by atoms with Crippen LogP contribution in [-0.2, 0) is 0 Å². The molecule has 0 aliphatic rings. The Kier molecular flexibility index (Phi) is 3.12. The Morgan fingerprint density at radius 3 is 2.00 bits per heavy atom. The van der Waals surface area contributed by atoms with E-state index >= 15 is 0 Å². The molecule has 2 heteroatoms. The van der Waals surface area contributed by atoms with Gasteiger partial charge in [0.15, 0.2) is 0 Å². The molecule has 0 heterocycles. The van der Waals surface area contributed by atoms with Crippen LogP contribution >= 0.6 is 15.9 Å². The van der Waals surface area contributed by atoms with Gasteiger partial charge in [-0.2, -0.15) is 0 Å². The van der Waals surface area contributed by atoms with Gasteiger partial charge >= 0.3 is 0 Å². The van der Waals surface area contributed by atoms with Gasteiger partial charge in [-0.15, -0.1) is 0 Å². The van der Waals surface area contributed by atoms with Gasteiger partial charge in [-0.05, 0) is 23.1 Å². The van der Waals surface area contributed by atoms with Crippen LogP contribution in [0.1, 0.15) is 32.5 Å². The summed E-state index contributed by atoms with van der Waals surface area (Å²) in [7, 11) is 0. The Labute approximate surface area is 87.3 Å². The lowest BCUT2D eigenvalue weighted by atomic mass is 9.86. The van der Waals surface area contributed by atoms with Gasteiger partial charge in [0.2, 0.25) is 0 Å². The summed E-state index contributed by atoms with van der Waals surface area (Å²) >= 11 is 3.32. The van der Waals surface area contributed by atoms with Crippen LogP contribution in [-0.4, -0.2) is 0 Å². The number of rotatable bonds is 1. The first-order valence-electron chi connectivity index (χ1n) is 4.31. The topological polar surface area (TPSA) is 0 Å². The summed E-state index contributed by atoms with van der Waals surface area (Å²) < 4.78 is 14.7. The summed E-state index contributed by atoms with van der Waals surface area (Å²) in [4.78, 5) is 0. The predicted molar refractivity (Wildman–Crippen MR) is 57.4 cm³/mol. The van der Waals surface area contributed by atoms with E-state index in [4.69, 9.17) is 0 Å².